The summed E-state index contributed by atoms with van der Waals surface area (Å²) >= 11 is 4.13. The molecule has 1 heterocycles. The molecule has 68 valence electrons. The number of fused-ring (bicyclic) bond motifs is 1. The largest absolute Gasteiger partial charge is 0.423 e. The zero-order chi connectivity index (χ0) is 8.55. The number of benzene rings is 1. The number of rotatable bonds is 0. The van der Waals surface area contributed by atoms with Crippen LogP contribution in [0.5, 0.6) is 0 Å². The molecule has 1 aromatic carbocycles. The number of hydrogen-bond donors (Lipinski definition) is 1. The van der Waals surface area contributed by atoms with Crippen molar-refractivity contribution in [1.29, 1.82) is 0 Å². The number of hydrogen-bond acceptors (Lipinski definition) is 3. The SMILES string of the molecule is Br.O=c1ccc2ccc(S)cc2o1. The Hall–Kier alpha value is -0.740. The van der Waals surface area contributed by atoms with Gasteiger partial charge in [0.15, 0.2) is 0 Å². The summed E-state index contributed by atoms with van der Waals surface area (Å²) in [7, 11) is 0. The molecule has 0 radical (unpaired) electrons. The Bertz CT molecular complexity index is 478. The second-order valence-corrected chi connectivity index (χ2v) is 2.99. The maximum atomic E-state index is 10.8. The molecule has 0 saturated carbocycles. The molecule has 0 aliphatic heterocycles. The molecule has 4 heteroatoms. The third-order valence-corrected chi connectivity index (χ3v) is 1.88. The lowest BCUT2D eigenvalue weighted by Crippen LogP contribution is -1.93. The van der Waals surface area contributed by atoms with Crippen LogP contribution < -0.4 is 5.63 Å². The van der Waals surface area contributed by atoms with E-state index in [1.54, 1.807) is 12.1 Å². The first-order valence-electron chi connectivity index (χ1n) is 3.48. The minimum Gasteiger partial charge on any atom is -0.423 e. The highest BCUT2D eigenvalue weighted by Crippen LogP contribution is 2.15. The van der Waals surface area contributed by atoms with Gasteiger partial charge in [-0.05, 0) is 18.2 Å². The molecule has 0 atom stereocenters. The minimum atomic E-state index is -0.332. The number of thiol groups is 1. The Balaban J connectivity index is 0.000000845. The van der Waals surface area contributed by atoms with E-state index in [0.29, 0.717) is 5.58 Å². The molecule has 0 unspecified atom stereocenters. The van der Waals surface area contributed by atoms with Crippen LogP contribution in [0.2, 0.25) is 0 Å². The van der Waals surface area contributed by atoms with Gasteiger partial charge in [-0.2, -0.15) is 0 Å². The van der Waals surface area contributed by atoms with Gasteiger partial charge in [-0.3, -0.25) is 0 Å². The first-order valence-corrected chi connectivity index (χ1v) is 3.93. The van der Waals surface area contributed by atoms with E-state index in [1.807, 2.05) is 12.1 Å². The van der Waals surface area contributed by atoms with Gasteiger partial charge in [0.25, 0.3) is 0 Å². The molecule has 0 spiro atoms. The van der Waals surface area contributed by atoms with Crippen molar-refractivity contribution in [2.75, 3.05) is 0 Å². The smallest absolute Gasteiger partial charge is 0.336 e. The maximum Gasteiger partial charge on any atom is 0.336 e. The van der Waals surface area contributed by atoms with Crippen molar-refractivity contribution >= 4 is 40.6 Å². The van der Waals surface area contributed by atoms with E-state index in [1.165, 1.54) is 6.07 Å². The average molecular weight is 259 g/mol. The van der Waals surface area contributed by atoms with Gasteiger partial charge in [0.2, 0.25) is 0 Å². The van der Waals surface area contributed by atoms with Gasteiger partial charge in [0, 0.05) is 16.3 Å². The normalized spacial score (nSPS) is 9.62. The molecule has 0 fully saturated rings. The van der Waals surface area contributed by atoms with Crippen LogP contribution in [0.4, 0.5) is 0 Å². The predicted molar refractivity (Wildman–Crippen MR) is 60.1 cm³/mol. The molecular formula is C9H7BrO2S. The van der Waals surface area contributed by atoms with Gasteiger partial charge in [-0.15, -0.1) is 29.6 Å². The second kappa shape index (κ2) is 3.98. The van der Waals surface area contributed by atoms with E-state index >= 15 is 0 Å². The van der Waals surface area contributed by atoms with Crippen LogP contribution in [0.3, 0.4) is 0 Å². The molecular weight excluding hydrogens is 252 g/mol. The highest BCUT2D eigenvalue weighted by molar-refractivity contribution is 8.93. The number of halogens is 1. The Kier molecular flexibility index (Phi) is 3.17. The van der Waals surface area contributed by atoms with Crippen LogP contribution >= 0.6 is 29.6 Å². The monoisotopic (exact) mass is 258 g/mol. The van der Waals surface area contributed by atoms with Crippen LogP contribution in [0.1, 0.15) is 0 Å². The van der Waals surface area contributed by atoms with Crippen LogP contribution in [0, 0.1) is 0 Å². The Morgan fingerprint density at radius 2 is 1.85 bits per heavy atom. The molecule has 13 heavy (non-hydrogen) atoms. The summed E-state index contributed by atoms with van der Waals surface area (Å²) in [5, 5.41) is 0.910. The molecule has 0 amide bonds. The third kappa shape index (κ3) is 2.14. The summed E-state index contributed by atoms with van der Waals surface area (Å²) < 4.78 is 4.94. The Morgan fingerprint density at radius 1 is 1.15 bits per heavy atom. The Morgan fingerprint density at radius 3 is 2.62 bits per heavy atom. The molecule has 0 aliphatic rings. The van der Waals surface area contributed by atoms with Crippen molar-refractivity contribution in [2.24, 2.45) is 0 Å². The first kappa shape index (κ1) is 10.3. The lowest BCUT2D eigenvalue weighted by atomic mass is 10.2. The van der Waals surface area contributed by atoms with Gasteiger partial charge in [-0.1, -0.05) is 6.07 Å². The summed E-state index contributed by atoms with van der Waals surface area (Å²) in [6.45, 7) is 0. The van der Waals surface area contributed by atoms with Gasteiger partial charge in [-0.25, -0.2) is 4.79 Å². The predicted octanol–water partition coefficient (Wildman–Crippen LogP) is 2.66. The van der Waals surface area contributed by atoms with Crippen LogP contribution in [0.15, 0.2) is 44.4 Å². The molecule has 1 aromatic heterocycles. The highest BCUT2D eigenvalue weighted by atomic mass is 79.9. The molecule has 2 rings (SSSR count). The van der Waals surface area contributed by atoms with Crippen LogP contribution in [-0.4, -0.2) is 0 Å². The van der Waals surface area contributed by atoms with Gasteiger partial charge in [0.05, 0.1) is 0 Å². The summed E-state index contributed by atoms with van der Waals surface area (Å²) in [6, 6.07) is 8.57. The summed E-state index contributed by atoms with van der Waals surface area (Å²) in [5.74, 6) is 0. The van der Waals surface area contributed by atoms with E-state index in [2.05, 4.69) is 12.6 Å². The van der Waals surface area contributed by atoms with Crippen molar-refractivity contribution < 1.29 is 4.42 Å². The summed E-state index contributed by atoms with van der Waals surface area (Å²) in [6.07, 6.45) is 0. The lowest BCUT2D eigenvalue weighted by molar-refractivity contribution is 0.560. The van der Waals surface area contributed by atoms with Crippen molar-refractivity contribution in [2.45, 2.75) is 4.90 Å². The molecule has 2 nitrogen and oxygen atoms in total. The standard InChI is InChI=1S/C9H6O2S.BrH/c10-9-4-2-6-1-3-7(12)5-8(6)11-9;/h1-5,12H;1H. The van der Waals surface area contributed by atoms with Crippen molar-refractivity contribution in [3.05, 3.63) is 40.8 Å². The fourth-order valence-electron chi connectivity index (χ4n) is 1.05. The van der Waals surface area contributed by atoms with Crippen LogP contribution in [0.25, 0.3) is 11.0 Å². The van der Waals surface area contributed by atoms with E-state index in [0.717, 1.165) is 10.3 Å². The van der Waals surface area contributed by atoms with Crippen molar-refractivity contribution in [3.63, 3.8) is 0 Å². The molecule has 0 saturated heterocycles. The fraction of sp³-hybridized carbons (Fsp3) is 0. The second-order valence-electron chi connectivity index (χ2n) is 2.48. The van der Waals surface area contributed by atoms with E-state index < -0.39 is 0 Å². The van der Waals surface area contributed by atoms with Gasteiger partial charge < -0.3 is 4.42 Å². The molecule has 0 N–H and O–H groups in total. The zero-order valence-corrected chi connectivity index (χ0v) is 9.17. The highest BCUT2D eigenvalue weighted by Gasteiger charge is 1.95. The molecule has 0 aliphatic carbocycles. The van der Waals surface area contributed by atoms with Crippen LogP contribution in [-0.2, 0) is 0 Å². The molecule has 0 bridgehead atoms. The van der Waals surface area contributed by atoms with E-state index in [9.17, 15) is 4.79 Å². The van der Waals surface area contributed by atoms with Crippen molar-refractivity contribution in [1.82, 2.24) is 0 Å². The topological polar surface area (TPSA) is 30.2 Å². The fourth-order valence-corrected chi connectivity index (χ4v) is 1.24. The first-order chi connectivity index (χ1) is 5.75. The molecule has 2 aromatic rings. The van der Waals surface area contributed by atoms with Gasteiger partial charge >= 0.3 is 5.63 Å². The third-order valence-electron chi connectivity index (χ3n) is 1.61. The summed E-state index contributed by atoms with van der Waals surface area (Å²) in [4.78, 5) is 11.6. The quantitative estimate of drug-likeness (QED) is 0.582. The van der Waals surface area contributed by atoms with Crippen molar-refractivity contribution in [3.8, 4) is 0 Å². The average Bonchev–Trinajstić information content (AvgIpc) is 2.03. The van der Waals surface area contributed by atoms with E-state index in [-0.39, 0.29) is 22.6 Å². The zero-order valence-electron chi connectivity index (χ0n) is 6.56. The maximum absolute atomic E-state index is 10.8. The Labute approximate surface area is 90.7 Å². The van der Waals surface area contributed by atoms with Gasteiger partial charge in [0.1, 0.15) is 5.58 Å². The van der Waals surface area contributed by atoms with E-state index in [4.69, 9.17) is 4.42 Å². The summed E-state index contributed by atoms with van der Waals surface area (Å²) in [5.41, 5.74) is 0.247. The minimum absolute atomic E-state index is 0. The lowest BCUT2D eigenvalue weighted by Gasteiger charge is -1.95.